The van der Waals surface area contributed by atoms with Crippen LogP contribution >= 0.6 is 0 Å². The lowest BCUT2D eigenvalue weighted by atomic mass is 9.70. The molecule has 1 aliphatic carbocycles. The van der Waals surface area contributed by atoms with Gasteiger partial charge in [-0.25, -0.2) is 4.98 Å². The average Bonchev–Trinajstić information content (AvgIpc) is 3.70. The third kappa shape index (κ3) is 7.02. The summed E-state index contributed by atoms with van der Waals surface area (Å²) >= 11 is 0. The molecule has 3 heterocycles. The van der Waals surface area contributed by atoms with Crippen molar-refractivity contribution in [2.45, 2.75) is 109 Å². The van der Waals surface area contributed by atoms with E-state index in [1.165, 1.54) is 145 Å². The van der Waals surface area contributed by atoms with Crippen molar-refractivity contribution in [1.29, 1.82) is 0 Å². The van der Waals surface area contributed by atoms with Gasteiger partial charge in [0.15, 0.2) is 0 Å². The van der Waals surface area contributed by atoms with E-state index in [0.29, 0.717) is 0 Å². The van der Waals surface area contributed by atoms with E-state index in [9.17, 15) is 0 Å². The number of nitrogens with zero attached hydrogens (tertiary/aromatic N) is 3. The van der Waals surface area contributed by atoms with Gasteiger partial charge in [0, 0.05) is 33.6 Å². The molecule has 8 rings (SSSR count). The molecule has 0 radical (unpaired) electrons. The third-order valence-electron chi connectivity index (χ3n) is 12.1. The molecular weight excluding hydrogens is 655 g/mol. The van der Waals surface area contributed by atoms with E-state index in [4.69, 9.17) is 4.98 Å². The normalized spacial score (nSPS) is 13.1. The SMILES string of the molecule is CCCCCCCCC1(CCCCCCCC)c2cc(-c3cccc(-c4ccccn4)n3)ccc2-c2ccc(-n3c4ccccc4c4ccccc43)cc21. The van der Waals surface area contributed by atoms with Crippen LogP contribution in [0.1, 0.15) is 115 Å². The molecule has 54 heavy (non-hydrogen) atoms. The van der Waals surface area contributed by atoms with E-state index in [1.807, 2.05) is 24.4 Å². The summed E-state index contributed by atoms with van der Waals surface area (Å²) in [6, 6.07) is 44.9. The molecule has 1 aliphatic rings. The minimum absolute atomic E-state index is 0.0520. The molecule has 0 saturated carbocycles. The number of unbranched alkanes of at least 4 members (excludes halogenated alkanes) is 10. The smallest absolute Gasteiger partial charge is 0.0893 e. The summed E-state index contributed by atoms with van der Waals surface area (Å²) in [5.41, 5.74) is 13.6. The Morgan fingerprint density at radius 3 is 1.69 bits per heavy atom. The van der Waals surface area contributed by atoms with E-state index in [1.54, 1.807) is 0 Å². The van der Waals surface area contributed by atoms with Gasteiger partial charge in [-0.1, -0.05) is 158 Å². The van der Waals surface area contributed by atoms with Crippen LogP contribution in [0.15, 0.2) is 128 Å². The lowest BCUT2D eigenvalue weighted by Crippen LogP contribution is -2.26. The summed E-state index contributed by atoms with van der Waals surface area (Å²) in [5, 5.41) is 2.62. The summed E-state index contributed by atoms with van der Waals surface area (Å²) in [6.45, 7) is 4.63. The Kier molecular flexibility index (Phi) is 11.0. The molecule has 0 fully saturated rings. The Hall–Kier alpha value is -5.02. The largest absolute Gasteiger partial charge is 0.309 e. The lowest BCUT2D eigenvalue weighted by Gasteiger charge is -2.33. The number of rotatable bonds is 17. The minimum Gasteiger partial charge on any atom is -0.309 e. The van der Waals surface area contributed by atoms with Gasteiger partial charge in [-0.2, -0.15) is 0 Å². The summed E-state index contributed by atoms with van der Waals surface area (Å²) in [5.74, 6) is 0. The third-order valence-corrected chi connectivity index (χ3v) is 12.1. The fraction of sp³-hybridized carbons (Fsp3) is 0.333. The fourth-order valence-corrected chi connectivity index (χ4v) is 9.31. The quantitative estimate of drug-likeness (QED) is 0.0881. The van der Waals surface area contributed by atoms with Crippen molar-refractivity contribution in [2.75, 3.05) is 0 Å². The molecule has 0 N–H and O–H groups in total. The zero-order chi connectivity index (χ0) is 36.7. The molecule has 3 heteroatoms. The van der Waals surface area contributed by atoms with Gasteiger partial charge >= 0.3 is 0 Å². The number of hydrogen-bond acceptors (Lipinski definition) is 2. The Morgan fingerprint density at radius 2 is 1.04 bits per heavy atom. The highest BCUT2D eigenvalue weighted by Gasteiger charge is 2.43. The Morgan fingerprint density at radius 1 is 0.481 bits per heavy atom. The fourth-order valence-electron chi connectivity index (χ4n) is 9.31. The van der Waals surface area contributed by atoms with Crippen LogP contribution in [0.5, 0.6) is 0 Å². The van der Waals surface area contributed by atoms with Crippen molar-refractivity contribution in [1.82, 2.24) is 14.5 Å². The van der Waals surface area contributed by atoms with Gasteiger partial charge in [0.2, 0.25) is 0 Å². The maximum Gasteiger partial charge on any atom is 0.0893 e. The van der Waals surface area contributed by atoms with Crippen LogP contribution in [0.3, 0.4) is 0 Å². The minimum atomic E-state index is -0.0520. The number of aromatic nitrogens is 3. The van der Waals surface area contributed by atoms with Crippen LogP contribution in [0.4, 0.5) is 0 Å². The van der Waals surface area contributed by atoms with Crippen molar-refractivity contribution in [3.8, 4) is 39.5 Å². The Labute approximate surface area is 322 Å². The highest BCUT2D eigenvalue weighted by atomic mass is 15.0. The van der Waals surface area contributed by atoms with Crippen LogP contribution in [-0.2, 0) is 5.41 Å². The first-order valence-corrected chi connectivity index (χ1v) is 20.9. The second-order valence-electron chi connectivity index (χ2n) is 15.6. The molecule has 0 unspecified atom stereocenters. The van der Waals surface area contributed by atoms with Gasteiger partial charge in [0.1, 0.15) is 0 Å². The van der Waals surface area contributed by atoms with Crippen LogP contribution in [0, 0.1) is 0 Å². The average molecular weight is 710 g/mol. The number of para-hydroxylation sites is 2. The monoisotopic (exact) mass is 709 g/mol. The van der Waals surface area contributed by atoms with E-state index < -0.39 is 0 Å². The topological polar surface area (TPSA) is 30.7 Å². The molecule has 0 bridgehead atoms. The highest BCUT2D eigenvalue weighted by Crippen LogP contribution is 2.55. The lowest BCUT2D eigenvalue weighted by molar-refractivity contribution is 0.398. The predicted molar refractivity (Wildman–Crippen MR) is 229 cm³/mol. The molecule has 4 aromatic carbocycles. The standard InChI is InChI=1S/C51H55N3/c1-3-5-7-9-11-18-33-51(34-19-12-10-8-6-4-2)44-36-38(46-25-21-26-48(53-46)47-24-17-20-35-52-47)29-31-40(44)41-32-30-39(37-45(41)51)54-49-27-15-13-22-42(49)43-23-14-16-28-50(43)54/h13-17,20-32,35-37H,3-12,18-19,33-34H2,1-2H3. The van der Waals surface area contributed by atoms with Crippen molar-refractivity contribution >= 4 is 21.8 Å². The van der Waals surface area contributed by atoms with E-state index in [-0.39, 0.29) is 5.41 Å². The predicted octanol–water partition coefficient (Wildman–Crippen LogP) is 14.7. The Balaban J connectivity index is 1.26. The maximum atomic E-state index is 5.18. The van der Waals surface area contributed by atoms with E-state index >= 15 is 0 Å². The van der Waals surface area contributed by atoms with Crippen LogP contribution < -0.4 is 0 Å². The first kappa shape index (κ1) is 36.0. The summed E-state index contributed by atoms with van der Waals surface area (Å²) in [7, 11) is 0. The van der Waals surface area contributed by atoms with Crippen molar-refractivity contribution in [3.63, 3.8) is 0 Å². The highest BCUT2D eigenvalue weighted by molar-refractivity contribution is 6.09. The zero-order valence-corrected chi connectivity index (χ0v) is 32.4. The van der Waals surface area contributed by atoms with Gasteiger partial charge in [-0.05, 0) is 89.7 Å². The molecule has 0 saturated heterocycles. The van der Waals surface area contributed by atoms with Crippen LogP contribution in [0.2, 0.25) is 0 Å². The molecule has 3 nitrogen and oxygen atoms in total. The number of pyridine rings is 2. The second kappa shape index (κ2) is 16.6. The molecule has 3 aromatic heterocycles. The number of hydrogen-bond donors (Lipinski definition) is 0. The molecule has 274 valence electrons. The summed E-state index contributed by atoms with van der Waals surface area (Å²) in [6.07, 6.45) is 19.9. The molecule has 0 spiro atoms. The van der Waals surface area contributed by atoms with Gasteiger partial charge in [0.25, 0.3) is 0 Å². The van der Waals surface area contributed by atoms with Crippen LogP contribution in [0.25, 0.3) is 61.3 Å². The van der Waals surface area contributed by atoms with E-state index in [0.717, 1.165) is 17.1 Å². The summed E-state index contributed by atoms with van der Waals surface area (Å²) in [4.78, 5) is 9.80. The van der Waals surface area contributed by atoms with Gasteiger partial charge in [-0.15, -0.1) is 0 Å². The molecular formula is C51H55N3. The zero-order valence-electron chi connectivity index (χ0n) is 32.4. The first-order chi connectivity index (χ1) is 26.7. The van der Waals surface area contributed by atoms with Gasteiger partial charge in [-0.3, -0.25) is 4.98 Å². The number of fused-ring (bicyclic) bond motifs is 6. The molecule has 7 aromatic rings. The second-order valence-corrected chi connectivity index (χ2v) is 15.6. The summed E-state index contributed by atoms with van der Waals surface area (Å²) < 4.78 is 2.51. The van der Waals surface area contributed by atoms with Crippen molar-refractivity contribution < 1.29 is 0 Å². The molecule has 0 aliphatic heterocycles. The van der Waals surface area contributed by atoms with E-state index in [2.05, 4.69) is 127 Å². The first-order valence-electron chi connectivity index (χ1n) is 20.9. The van der Waals surface area contributed by atoms with Crippen molar-refractivity contribution in [2.24, 2.45) is 0 Å². The van der Waals surface area contributed by atoms with Gasteiger partial charge in [0.05, 0.1) is 28.1 Å². The molecule has 0 atom stereocenters. The van der Waals surface area contributed by atoms with Crippen molar-refractivity contribution in [3.05, 3.63) is 139 Å². The molecule has 0 amide bonds. The van der Waals surface area contributed by atoms with Gasteiger partial charge < -0.3 is 4.57 Å². The maximum absolute atomic E-state index is 5.18. The number of benzene rings is 4. The Bertz CT molecular complexity index is 2260. The van der Waals surface area contributed by atoms with Crippen LogP contribution in [-0.4, -0.2) is 14.5 Å².